The van der Waals surface area contributed by atoms with Gasteiger partial charge in [0.05, 0.1) is 18.7 Å². The largest absolute Gasteiger partial charge is 0.494 e. The number of likely N-dealkylation sites (N-methyl/N-ethyl adjacent to an activating group) is 1. The van der Waals surface area contributed by atoms with Crippen LogP contribution in [0.5, 0.6) is 5.75 Å². The second-order valence-electron chi connectivity index (χ2n) is 7.79. The van der Waals surface area contributed by atoms with Gasteiger partial charge in [0.2, 0.25) is 0 Å². The van der Waals surface area contributed by atoms with Crippen LogP contribution in [-0.2, 0) is 0 Å². The number of nitrogens with zero attached hydrogens (tertiary/aromatic N) is 6. The fourth-order valence-electron chi connectivity index (χ4n) is 4.56. The highest BCUT2D eigenvalue weighted by molar-refractivity contribution is 5.32. The van der Waals surface area contributed by atoms with E-state index < -0.39 is 0 Å². The molecule has 1 saturated carbocycles. The first-order valence-electron chi connectivity index (χ1n) is 10.8. The summed E-state index contributed by atoms with van der Waals surface area (Å²) in [6.07, 6.45) is 4.90. The van der Waals surface area contributed by atoms with Crippen molar-refractivity contribution in [3.8, 4) is 5.75 Å². The summed E-state index contributed by atoms with van der Waals surface area (Å²) in [7, 11) is 0. The van der Waals surface area contributed by atoms with Crippen molar-refractivity contribution in [1.29, 1.82) is 0 Å². The van der Waals surface area contributed by atoms with E-state index in [1.807, 2.05) is 6.92 Å². The Morgan fingerprint density at radius 3 is 2.39 bits per heavy atom. The van der Waals surface area contributed by atoms with Gasteiger partial charge in [-0.2, -0.15) is 0 Å². The molecule has 1 aromatic carbocycles. The van der Waals surface area contributed by atoms with Gasteiger partial charge in [-0.15, -0.1) is 5.10 Å². The first-order chi connectivity index (χ1) is 13.8. The van der Waals surface area contributed by atoms with Crippen molar-refractivity contribution in [2.45, 2.75) is 51.6 Å². The van der Waals surface area contributed by atoms with Gasteiger partial charge in [-0.1, -0.05) is 31.9 Å². The minimum absolute atomic E-state index is 0.0882. The van der Waals surface area contributed by atoms with Gasteiger partial charge >= 0.3 is 0 Å². The smallest absolute Gasteiger partial charge is 0.173 e. The van der Waals surface area contributed by atoms with Crippen LogP contribution in [0.1, 0.15) is 63.0 Å². The fraction of sp³-hybridized carbons (Fsp3) is 0.667. The lowest BCUT2D eigenvalue weighted by Crippen LogP contribution is -2.48. The molecule has 1 aliphatic carbocycles. The van der Waals surface area contributed by atoms with Gasteiger partial charge in [0, 0.05) is 26.2 Å². The molecule has 0 spiro atoms. The summed E-state index contributed by atoms with van der Waals surface area (Å²) in [5.74, 6) is 1.90. The predicted molar refractivity (Wildman–Crippen MR) is 108 cm³/mol. The average molecular weight is 385 g/mol. The van der Waals surface area contributed by atoms with Crippen molar-refractivity contribution in [3.05, 3.63) is 35.7 Å². The topological polar surface area (TPSA) is 59.3 Å². The molecule has 2 aliphatic rings. The van der Waals surface area contributed by atoms with Crippen LogP contribution in [0.25, 0.3) is 0 Å². The van der Waals surface area contributed by atoms with Crippen molar-refractivity contribution >= 4 is 0 Å². The SMILES string of the molecule is CCOc1ccc([C@@H](c2nnnn2C2CCCC2)N2CCN(CC)CC2)cc1. The minimum atomic E-state index is 0.0882. The Labute approximate surface area is 167 Å². The molecule has 1 aliphatic heterocycles. The van der Waals surface area contributed by atoms with Crippen LogP contribution in [0.2, 0.25) is 0 Å². The Balaban J connectivity index is 1.65. The van der Waals surface area contributed by atoms with E-state index in [9.17, 15) is 0 Å². The molecular weight excluding hydrogens is 352 g/mol. The monoisotopic (exact) mass is 384 g/mol. The van der Waals surface area contributed by atoms with Crippen molar-refractivity contribution in [1.82, 2.24) is 30.0 Å². The second-order valence-corrected chi connectivity index (χ2v) is 7.79. The highest BCUT2D eigenvalue weighted by Crippen LogP contribution is 2.34. The van der Waals surface area contributed by atoms with E-state index in [0.717, 1.165) is 44.3 Å². The quantitative estimate of drug-likeness (QED) is 0.732. The highest BCUT2D eigenvalue weighted by atomic mass is 16.5. The van der Waals surface area contributed by atoms with Crippen LogP contribution in [0.3, 0.4) is 0 Å². The molecule has 2 fully saturated rings. The van der Waals surface area contributed by atoms with E-state index in [-0.39, 0.29) is 6.04 Å². The maximum atomic E-state index is 5.64. The number of piperazine rings is 1. The van der Waals surface area contributed by atoms with Crippen LogP contribution in [0, 0.1) is 0 Å². The van der Waals surface area contributed by atoms with Crippen LogP contribution >= 0.6 is 0 Å². The van der Waals surface area contributed by atoms with Crippen molar-refractivity contribution in [2.75, 3.05) is 39.3 Å². The molecule has 0 N–H and O–H groups in total. The Morgan fingerprint density at radius 1 is 1.04 bits per heavy atom. The summed E-state index contributed by atoms with van der Waals surface area (Å²) in [4.78, 5) is 5.05. The zero-order valence-electron chi connectivity index (χ0n) is 17.1. The molecule has 0 bridgehead atoms. The van der Waals surface area contributed by atoms with Gasteiger partial charge in [0.1, 0.15) is 5.75 Å². The molecule has 1 saturated heterocycles. The van der Waals surface area contributed by atoms with Crippen LogP contribution in [-0.4, -0.2) is 69.3 Å². The number of benzene rings is 1. The Hall–Kier alpha value is -1.99. The second kappa shape index (κ2) is 9.01. The Kier molecular flexibility index (Phi) is 6.22. The number of hydrogen-bond donors (Lipinski definition) is 0. The minimum Gasteiger partial charge on any atom is -0.494 e. The molecule has 152 valence electrons. The maximum absolute atomic E-state index is 5.64. The molecule has 2 aromatic rings. The third kappa shape index (κ3) is 4.05. The molecule has 0 amide bonds. The maximum Gasteiger partial charge on any atom is 0.173 e. The lowest BCUT2D eigenvalue weighted by molar-refractivity contribution is 0.107. The lowest BCUT2D eigenvalue weighted by atomic mass is 10.0. The summed E-state index contributed by atoms with van der Waals surface area (Å²) in [6.45, 7) is 10.3. The van der Waals surface area contributed by atoms with Gasteiger partial charge in [0.25, 0.3) is 0 Å². The molecular formula is C21H32N6O. The standard InChI is InChI=1S/C21H32N6O/c1-3-25-13-15-26(16-14-25)20(17-9-11-19(12-10-17)28-4-2)21-22-23-24-27(21)18-7-5-6-8-18/h9-12,18,20H,3-8,13-16H2,1-2H3/t20-/m0/s1. The first kappa shape index (κ1) is 19.3. The number of hydrogen-bond acceptors (Lipinski definition) is 6. The van der Waals surface area contributed by atoms with E-state index in [1.54, 1.807) is 0 Å². The van der Waals surface area contributed by atoms with Crippen LogP contribution < -0.4 is 4.74 Å². The van der Waals surface area contributed by atoms with Gasteiger partial charge in [-0.05, 0) is 54.4 Å². The number of ether oxygens (including phenoxy) is 1. The van der Waals surface area contributed by atoms with Gasteiger partial charge in [0.15, 0.2) is 5.82 Å². The van der Waals surface area contributed by atoms with Crippen LogP contribution in [0.15, 0.2) is 24.3 Å². The van der Waals surface area contributed by atoms with E-state index >= 15 is 0 Å². The summed E-state index contributed by atoms with van der Waals surface area (Å²) < 4.78 is 7.76. The van der Waals surface area contributed by atoms with E-state index in [0.29, 0.717) is 12.6 Å². The average Bonchev–Trinajstić information content (AvgIpc) is 3.42. The highest BCUT2D eigenvalue weighted by Gasteiger charge is 2.32. The lowest BCUT2D eigenvalue weighted by Gasteiger charge is -2.38. The molecule has 0 unspecified atom stereocenters. The zero-order valence-corrected chi connectivity index (χ0v) is 17.1. The molecule has 28 heavy (non-hydrogen) atoms. The number of tetrazole rings is 1. The van der Waals surface area contributed by atoms with E-state index in [2.05, 4.69) is 61.2 Å². The van der Waals surface area contributed by atoms with Crippen LogP contribution in [0.4, 0.5) is 0 Å². The summed E-state index contributed by atoms with van der Waals surface area (Å²) in [6, 6.07) is 9.01. The number of rotatable bonds is 7. The summed E-state index contributed by atoms with van der Waals surface area (Å²) >= 11 is 0. The number of aromatic nitrogens is 4. The van der Waals surface area contributed by atoms with Gasteiger partial charge in [-0.3, -0.25) is 4.90 Å². The van der Waals surface area contributed by atoms with Gasteiger partial charge in [-0.25, -0.2) is 4.68 Å². The molecule has 2 heterocycles. The Morgan fingerprint density at radius 2 is 1.75 bits per heavy atom. The third-order valence-electron chi connectivity index (χ3n) is 6.16. The van der Waals surface area contributed by atoms with E-state index in [4.69, 9.17) is 4.74 Å². The summed E-state index contributed by atoms with van der Waals surface area (Å²) in [5.41, 5.74) is 1.24. The third-order valence-corrected chi connectivity index (χ3v) is 6.16. The van der Waals surface area contributed by atoms with Gasteiger partial charge < -0.3 is 9.64 Å². The molecule has 0 radical (unpaired) electrons. The molecule has 7 heteroatoms. The predicted octanol–water partition coefficient (Wildman–Crippen LogP) is 2.91. The molecule has 1 aromatic heterocycles. The molecule has 7 nitrogen and oxygen atoms in total. The summed E-state index contributed by atoms with van der Waals surface area (Å²) in [5, 5.41) is 13.0. The molecule has 1 atom stereocenters. The van der Waals surface area contributed by atoms with Crippen molar-refractivity contribution in [3.63, 3.8) is 0 Å². The zero-order chi connectivity index (χ0) is 19.3. The molecule has 4 rings (SSSR count). The normalized spacial score (nSPS) is 20.5. The first-order valence-corrected chi connectivity index (χ1v) is 10.8. The van der Waals surface area contributed by atoms with Crippen molar-refractivity contribution < 1.29 is 4.74 Å². The fourth-order valence-corrected chi connectivity index (χ4v) is 4.56. The van der Waals surface area contributed by atoms with E-state index in [1.165, 1.54) is 31.2 Å². The van der Waals surface area contributed by atoms with Crippen molar-refractivity contribution in [2.24, 2.45) is 0 Å². The Bertz CT molecular complexity index is 732.